The van der Waals surface area contributed by atoms with E-state index in [2.05, 4.69) is 32.3 Å². The molecule has 0 unspecified atom stereocenters. The van der Waals surface area contributed by atoms with E-state index in [1.807, 2.05) is 29.2 Å². The number of nitrogens with zero attached hydrogens (tertiary/aromatic N) is 6. The molecule has 0 bridgehead atoms. The predicted molar refractivity (Wildman–Crippen MR) is 95.8 cm³/mol. The van der Waals surface area contributed by atoms with Crippen molar-refractivity contribution in [3.63, 3.8) is 0 Å². The molecule has 0 amide bonds. The summed E-state index contributed by atoms with van der Waals surface area (Å²) < 4.78 is 3.60. The van der Waals surface area contributed by atoms with E-state index in [9.17, 15) is 0 Å². The second-order valence-electron chi connectivity index (χ2n) is 6.65. The second kappa shape index (κ2) is 5.42. The van der Waals surface area contributed by atoms with Crippen LogP contribution in [0.3, 0.4) is 0 Å². The maximum atomic E-state index is 6.15. The molecule has 0 spiro atoms. The van der Waals surface area contributed by atoms with E-state index in [-0.39, 0.29) is 0 Å². The largest absolute Gasteiger partial charge is 0.350 e. The molecule has 7 nitrogen and oxygen atoms in total. The fourth-order valence-corrected chi connectivity index (χ4v) is 3.57. The third-order valence-electron chi connectivity index (χ3n) is 4.75. The maximum absolute atomic E-state index is 6.15. The summed E-state index contributed by atoms with van der Waals surface area (Å²) in [7, 11) is 0. The van der Waals surface area contributed by atoms with E-state index in [1.165, 1.54) is 12.8 Å². The van der Waals surface area contributed by atoms with Crippen LogP contribution in [0.4, 0.5) is 5.95 Å². The molecule has 5 rings (SSSR count). The van der Waals surface area contributed by atoms with Gasteiger partial charge in [0, 0.05) is 35.8 Å². The van der Waals surface area contributed by atoms with Gasteiger partial charge in [-0.3, -0.25) is 4.40 Å². The number of imidazole rings is 1. The quantitative estimate of drug-likeness (QED) is 0.611. The van der Waals surface area contributed by atoms with Crippen LogP contribution in [-0.2, 0) is 0 Å². The van der Waals surface area contributed by atoms with Crippen LogP contribution in [0.25, 0.3) is 22.4 Å². The molecule has 1 saturated carbocycles. The van der Waals surface area contributed by atoms with Gasteiger partial charge < -0.3 is 5.32 Å². The number of nitrogens with one attached hydrogen (secondary N) is 1. The molecular weight excluding hydrogens is 338 g/mol. The van der Waals surface area contributed by atoms with E-state index < -0.39 is 0 Å². The molecule has 8 heteroatoms. The van der Waals surface area contributed by atoms with Crippen LogP contribution in [0.1, 0.15) is 19.8 Å². The van der Waals surface area contributed by atoms with Crippen molar-refractivity contribution in [3.05, 3.63) is 42.2 Å². The lowest BCUT2D eigenvalue weighted by Gasteiger charge is -2.33. The normalized spacial score (nSPS) is 20.1. The highest BCUT2D eigenvalue weighted by atomic mass is 35.5. The molecule has 1 fully saturated rings. The van der Waals surface area contributed by atoms with Gasteiger partial charge in [0.05, 0.1) is 17.9 Å². The maximum Gasteiger partial charge on any atom is 0.241 e. The fourth-order valence-electron chi connectivity index (χ4n) is 3.40. The Balaban J connectivity index is 1.51. The van der Waals surface area contributed by atoms with E-state index in [4.69, 9.17) is 11.6 Å². The molecule has 1 N–H and O–H groups in total. The monoisotopic (exact) mass is 353 g/mol. The number of hydrogen-bond acceptors (Lipinski definition) is 5. The van der Waals surface area contributed by atoms with Crippen molar-refractivity contribution >= 4 is 28.8 Å². The molecular formula is C17H16ClN7. The van der Waals surface area contributed by atoms with E-state index in [0.717, 1.165) is 22.6 Å². The van der Waals surface area contributed by atoms with Crippen LogP contribution in [0.5, 0.6) is 0 Å². The molecule has 4 heterocycles. The fraction of sp³-hybridized carbons (Fsp3) is 0.294. The zero-order chi connectivity index (χ0) is 17.0. The number of fused-ring (bicyclic) bond motifs is 2. The minimum atomic E-state index is 0.484. The van der Waals surface area contributed by atoms with Crippen LogP contribution in [-0.4, -0.2) is 35.0 Å². The summed E-state index contributed by atoms with van der Waals surface area (Å²) in [6, 6.07) is 2.49. The van der Waals surface area contributed by atoms with Crippen molar-refractivity contribution in [1.29, 1.82) is 0 Å². The van der Waals surface area contributed by atoms with Crippen molar-refractivity contribution in [3.8, 4) is 11.1 Å². The molecule has 25 heavy (non-hydrogen) atoms. The molecule has 1 aliphatic rings. The molecule has 0 aromatic carbocycles. The van der Waals surface area contributed by atoms with E-state index >= 15 is 0 Å². The highest BCUT2D eigenvalue weighted by Gasteiger charge is 2.25. The Hall–Kier alpha value is -2.67. The first-order chi connectivity index (χ1) is 12.2. The lowest BCUT2D eigenvalue weighted by molar-refractivity contribution is 0.307. The van der Waals surface area contributed by atoms with Crippen LogP contribution in [0.15, 0.2) is 37.1 Å². The van der Waals surface area contributed by atoms with Gasteiger partial charge in [-0.2, -0.15) is 0 Å². The Morgan fingerprint density at radius 2 is 2.00 bits per heavy atom. The third-order valence-corrected chi connectivity index (χ3v) is 5.03. The van der Waals surface area contributed by atoms with Gasteiger partial charge in [0.2, 0.25) is 11.7 Å². The molecule has 0 aliphatic heterocycles. The molecule has 4 aromatic rings. The lowest BCUT2D eigenvalue weighted by Crippen LogP contribution is -2.34. The minimum Gasteiger partial charge on any atom is -0.350 e. The van der Waals surface area contributed by atoms with Crippen molar-refractivity contribution in [2.45, 2.75) is 25.8 Å². The van der Waals surface area contributed by atoms with Crippen molar-refractivity contribution in [2.75, 3.05) is 5.32 Å². The Morgan fingerprint density at radius 1 is 1.16 bits per heavy atom. The highest BCUT2D eigenvalue weighted by Crippen LogP contribution is 2.29. The van der Waals surface area contributed by atoms with Crippen LogP contribution >= 0.6 is 11.6 Å². The van der Waals surface area contributed by atoms with Crippen molar-refractivity contribution in [1.82, 2.24) is 29.0 Å². The predicted octanol–water partition coefficient (Wildman–Crippen LogP) is 3.30. The van der Waals surface area contributed by atoms with Gasteiger partial charge in [-0.05, 0) is 24.8 Å². The van der Waals surface area contributed by atoms with Gasteiger partial charge in [-0.1, -0.05) is 18.5 Å². The summed E-state index contributed by atoms with van der Waals surface area (Å²) in [4.78, 5) is 13.0. The summed E-state index contributed by atoms with van der Waals surface area (Å²) in [5.74, 6) is 2.03. The summed E-state index contributed by atoms with van der Waals surface area (Å²) >= 11 is 6.15. The Labute approximate surface area is 148 Å². The van der Waals surface area contributed by atoms with Crippen LogP contribution in [0, 0.1) is 5.92 Å². The van der Waals surface area contributed by atoms with Gasteiger partial charge in [-0.25, -0.2) is 19.5 Å². The SMILES string of the molecule is CC1CC(Nc2ncc3c(-c4cnc5ncc(Cl)n5c4)ccn3n2)C1. The number of halogens is 1. The number of anilines is 1. The lowest BCUT2D eigenvalue weighted by atomic mass is 9.82. The number of rotatable bonds is 3. The summed E-state index contributed by atoms with van der Waals surface area (Å²) in [6.07, 6.45) is 11.4. The Morgan fingerprint density at radius 3 is 2.84 bits per heavy atom. The molecule has 4 aromatic heterocycles. The highest BCUT2D eigenvalue weighted by molar-refractivity contribution is 6.29. The number of aromatic nitrogens is 6. The average Bonchev–Trinajstić information content (AvgIpc) is 3.17. The van der Waals surface area contributed by atoms with Crippen LogP contribution < -0.4 is 5.32 Å². The van der Waals surface area contributed by atoms with E-state index in [0.29, 0.717) is 22.9 Å². The first-order valence-corrected chi connectivity index (χ1v) is 8.65. The minimum absolute atomic E-state index is 0.484. The second-order valence-corrected chi connectivity index (χ2v) is 7.04. The number of hydrogen-bond donors (Lipinski definition) is 1. The van der Waals surface area contributed by atoms with Gasteiger partial charge >= 0.3 is 0 Å². The molecule has 0 saturated heterocycles. The zero-order valence-corrected chi connectivity index (χ0v) is 14.4. The van der Waals surface area contributed by atoms with Gasteiger partial charge in [0.15, 0.2) is 0 Å². The Kier molecular flexibility index (Phi) is 3.18. The molecule has 1 aliphatic carbocycles. The van der Waals surface area contributed by atoms with Crippen molar-refractivity contribution in [2.24, 2.45) is 5.92 Å². The first-order valence-electron chi connectivity index (χ1n) is 8.27. The smallest absolute Gasteiger partial charge is 0.241 e. The van der Waals surface area contributed by atoms with Gasteiger partial charge in [0.25, 0.3) is 0 Å². The van der Waals surface area contributed by atoms with Crippen LogP contribution in [0.2, 0.25) is 5.15 Å². The summed E-state index contributed by atoms with van der Waals surface area (Å²) in [6.45, 7) is 2.26. The molecule has 0 atom stereocenters. The average molecular weight is 354 g/mol. The standard InChI is InChI=1S/C17H16ClN7/c1-10-4-12(5-10)22-16-19-7-14-13(2-3-25(14)23-16)11-6-20-17-21-8-15(18)24(17)9-11/h2-3,6-10,12H,4-5H2,1H3,(H,22,23). The summed E-state index contributed by atoms with van der Waals surface area (Å²) in [5.41, 5.74) is 2.86. The molecule has 0 radical (unpaired) electrons. The Bertz CT molecular complexity index is 1080. The van der Waals surface area contributed by atoms with Gasteiger partial charge in [0.1, 0.15) is 5.15 Å². The van der Waals surface area contributed by atoms with Crippen molar-refractivity contribution < 1.29 is 0 Å². The topological polar surface area (TPSA) is 72.4 Å². The summed E-state index contributed by atoms with van der Waals surface area (Å²) in [5, 5.41) is 8.49. The van der Waals surface area contributed by atoms with Gasteiger partial charge in [-0.15, -0.1) is 5.10 Å². The first kappa shape index (κ1) is 14.7. The molecule has 126 valence electrons. The zero-order valence-electron chi connectivity index (χ0n) is 13.6. The third kappa shape index (κ3) is 2.42. The van der Waals surface area contributed by atoms with E-state index in [1.54, 1.807) is 16.8 Å².